The third-order valence-corrected chi connectivity index (χ3v) is 6.09. The van der Waals surface area contributed by atoms with Crippen LogP contribution in [0.4, 0.5) is 5.69 Å². The third kappa shape index (κ3) is 2.69. The fraction of sp³-hybridized carbons (Fsp3) is 0.182. The molecule has 0 unspecified atom stereocenters. The molecule has 2 aromatic heterocycles. The van der Waals surface area contributed by atoms with Crippen molar-refractivity contribution < 1.29 is 4.79 Å². The number of aromatic nitrogens is 3. The van der Waals surface area contributed by atoms with E-state index in [1.54, 1.807) is 4.90 Å². The lowest BCUT2D eigenvalue weighted by Gasteiger charge is -2.15. The van der Waals surface area contributed by atoms with Gasteiger partial charge in [-0.05, 0) is 19.4 Å². The van der Waals surface area contributed by atoms with Crippen molar-refractivity contribution in [1.82, 2.24) is 14.6 Å². The van der Waals surface area contributed by atoms with Crippen LogP contribution in [0.3, 0.4) is 0 Å². The summed E-state index contributed by atoms with van der Waals surface area (Å²) in [7, 11) is 0. The fourth-order valence-electron chi connectivity index (χ4n) is 3.66. The van der Waals surface area contributed by atoms with Crippen molar-refractivity contribution in [2.24, 2.45) is 0 Å². The minimum absolute atomic E-state index is 0.131. The number of nitrogens with zero attached hydrogens (tertiary/aromatic N) is 4. The maximum Gasteiger partial charge on any atom is 0.291 e. The SMILES string of the molecule is CCCN1C(=O)C(=c2sc3nc(-c4ccc(C)cc4)nn3c2=O)c2ccccc21. The number of carbonyl (C=O) groups is 1. The zero-order valence-corrected chi connectivity index (χ0v) is 16.9. The van der Waals surface area contributed by atoms with Gasteiger partial charge < -0.3 is 4.90 Å². The number of carbonyl (C=O) groups excluding carboxylic acids is 1. The third-order valence-electron chi connectivity index (χ3n) is 5.06. The zero-order chi connectivity index (χ0) is 20.1. The van der Waals surface area contributed by atoms with Crippen molar-refractivity contribution in [2.75, 3.05) is 11.4 Å². The number of fused-ring (bicyclic) bond motifs is 2. The molecule has 1 aliphatic heterocycles. The lowest BCUT2D eigenvalue weighted by molar-refractivity contribution is -0.113. The molecule has 1 aliphatic rings. The molecular formula is C22H18N4O2S. The molecule has 5 rings (SSSR count). The van der Waals surface area contributed by atoms with Crippen LogP contribution >= 0.6 is 11.3 Å². The number of thiazole rings is 1. The Morgan fingerprint density at radius 2 is 1.79 bits per heavy atom. The predicted molar refractivity (Wildman–Crippen MR) is 114 cm³/mol. The predicted octanol–water partition coefficient (Wildman–Crippen LogP) is 2.80. The van der Waals surface area contributed by atoms with Crippen molar-refractivity contribution in [1.29, 1.82) is 0 Å². The Hall–Kier alpha value is -3.32. The van der Waals surface area contributed by atoms with Crippen LogP contribution in [-0.4, -0.2) is 27.0 Å². The van der Waals surface area contributed by atoms with E-state index in [1.807, 2.05) is 62.4 Å². The number of amides is 1. The average Bonchev–Trinajstić information content (AvgIpc) is 3.35. The molecule has 7 heteroatoms. The van der Waals surface area contributed by atoms with Gasteiger partial charge in [0.2, 0.25) is 4.96 Å². The van der Waals surface area contributed by atoms with Crippen LogP contribution in [0, 0.1) is 6.92 Å². The first-order chi connectivity index (χ1) is 14.1. The topological polar surface area (TPSA) is 67.6 Å². The van der Waals surface area contributed by atoms with E-state index in [-0.39, 0.29) is 11.5 Å². The van der Waals surface area contributed by atoms with E-state index in [2.05, 4.69) is 10.1 Å². The molecule has 3 heterocycles. The monoisotopic (exact) mass is 402 g/mol. The van der Waals surface area contributed by atoms with Gasteiger partial charge in [-0.2, -0.15) is 9.50 Å². The Kier molecular flexibility index (Phi) is 4.06. The Morgan fingerprint density at radius 1 is 1.03 bits per heavy atom. The highest BCUT2D eigenvalue weighted by atomic mass is 32.1. The second kappa shape index (κ2) is 6.63. The van der Waals surface area contributed by atoms with Gasteiger partial charge in [0, 0.05) is 17.7 Å². The van der Waals surface area contributed by atoms with E-state index in [1.165, 1.54) is 15.9 Å². The standard InChI is InChI=1S/C22H18N4O2S/c1-3-12-25-16-7-5-4-6-15(16)17(20(25)27)18-21(28)26-22(29-18)23-19(24-26)14-10-8-13(2)9-11-14/h4-11H,3,12H2,1-2H3. The number of anilines is 1. The molecule has 4 aromatic rings. The molecule has 2 aromatic carbocycles. The van der Waals surface area contributed by atoms with Crippen molar-refractivity contribution in [3.05, 3.63) is 74.5 Å². The zero-order valence-electron chi connectivity index (χ0n) is 16.0. The average molecular weight is 402 g/mol. The molecular weight excluding hydrogens is 384 g/mol. The fourth-order valence-corrected chi connectivity index (χ4v) is 4.65. The van der Waals surface area contributed by atoms with Crippen LogP contribution in [-0.2, 0) is 4.79 Å². The summed E-state index contributed by atoms with van der Waals surface area (Å²) in [6.07, 6.45) is 0.840. The largest absolute Gasteiger partial charge is 0.308 e. The molecule has 0 radical (unpaired) electrons. The smallest absolute Gasteiger partial charge is 0.291 e. The van der Waals surface area contributed by atoms with Gasteiger partial charge in [0.25, 0.3) is 11.5 Å². The summed E-state index contributed by atoms with van der Waals surface area (Å²) in [4.78, 5) is 33.0. The Labute approximate surface area is 170 Å². The normalized spacial score (nSPS) is 15.4. The molecule has 6 nitrogen and oxygen atoms in total. The summed E-state index contributed by atoms with van der Waals surface area (Å²) in [6, 6.07) is 15.5. The molecule has 0 spiro atoms. The first-order valence-electron chi connectivity index (χ1n) is 9.50. The van der Waals surface area contributed by atoms with E-state index in [0.29, 0.717) is 27.4 Å². The van der Waals surface area contributed by atoms with Crippen molar-refractivity contribution in [3.8, 4) is 11.4 Å². The van der Waals surface area contributed by atoms with E-state index in [9.17, 15) is 9.59 Å². The van der Waals surface area contributed by atoms with E-state index >= 15 is 0 Å². The van der Waals surface area contributed by atoms with Crippen LogP contribution < -0.4 is 15.0 Å². The van der Waals surface area contributed by atoms with Gasteiger partial charge in [0.05, 0.1) is 11.3 Å². The minimum atomic E-state index is -0.299. The van der Waals surface area contributed by atoms with Gasteiger partial charge in [-0.3, -0.25) is 9.59 Å². The Bertz CT molecular complexity index is 1370. The Balaban J connectivity index is 1.71. The molecule has 29 heavy (non-hydrogen) atoms. The lowest BCUT2D eigenvalue weighted by atomic mass is 10.1. The van der Waals surface area contributed by atoms with Crippen LogP contribution in [0.1, 0.15) is 24.5 Å². The van der Waals surface area contributed by atoms with Crippen LogP contribution in [0.5, 0.6) is 0 Å². The highest BCUT2D eigenvalue weighted by Crippen LogP contribution is 2.35. The number of rotatable bonds is 3. The molecule has 144 valence electrons. The molecule has 0 saturated carbocycles. The van der Waals surface area contributed by atoms with Crippen molar-refractivity contribution in [3.63, 3.8) is 0 Å². The van der Waals surface area contributed by atoms with Crippen LogP contribution in [0.2, 0.25) is 0 Å². The summed E-state index contributed by atoms with van der Waals surface area (Å²) >= 11 is 1.22. The lowest BCUT2D eigenvalue weighted by Crippen LogP contribution is -2.32. The van der Waals surface area contributed by atoms with E-state index in [0.717, 1.165) is 28.8 Å². The number of benzene rings is 2. The number of aryl methyl sites for hydroxylation is 1. The van der Waals surface area contributed by atoms with Crippen molar-refractivity contribution in [2.45, 2.75) is 20.3 Å². The summed E-state index contributed by atoms with van der Waals surface area (Å²) in [6.45, 7) is 4.66. The second-order valence-corrected chi connectivity index (χ2v) is 8.06. The quantitative estimate of drug-likeness (QED) is 0.529. The molecule has 0 N–H and O–H groups in total. The summed E-state index contributed by atoms with van der Waals surface area (Å²) in [5.41, 5.74) is 3.81. The molecule has 0 atom stereocenters. The molecule has 0 saturated heterocycles. The van der Waals surface area contributed by atoms with Gasteiger partial charge in [0.1, 0.15) is 4.53 Å². The van der Waals surface area contributed by atoms with Gasteiger partial charge in [-0.1, -0.05) is 66.3 Å². The summed E-state index contributed by atoms with van der Waals surface area (Å²) in [5, 5.41) is 4.41. The van der Waals surface area contributed by atoms with Gasteiger partial charge in [-0.25, -0.2) is 0 Å². The molecule has 0 fully saturated rings. The molecule has 1 amide bonds. The number of para-hydroxylation sites is 1. The highest BCUT2D eigenvalue weighted by Gasteiger charge is 2.33. The van der Waals surface area contributed by atoms with E-state index in [4.69, 9.17) is 0 Å². The first kappa shape index (κ1) is 17.8. The molecule has 0 bridgehead atoms. The Morgan fingerprint density at radius 3 is 2.52 bits per heavy atom. The number of hydrogen-bond donors (Lipinski definition) is 0. The molecule has 0 aliphatic carbocycles. The maximum atomic E-state index is 13.1. The minimum Gasteiger partial charge on any atom is -0.308 e. The van der Waals surface area contributed by atoms with Gasteiger partial charge in [0.15, 0.2) is 5.82 Å². The maximum absolute atomic E-state index is 13.1. The van der Waals surface area contributed by atoms with Crippen LogP contribution in [0.15, 0.2) is 53.3 Å². The van der Waals surface area contributed by atoms with Gasteiger partial charge >= 0.3 is 0 Å². The second-order valence-electron chi connectivity index (χ2n) is 7.08. The highest BCUT2D eigenvalue weighted by molar-refractivity contribution is 7.15. The van der Waals surface area contributed by atoms with E-state index < -0.39 is 0 Å². The van der Waals surface area contributed by atoms with Crippen molar-refractivity contribution >= 4 is 33.5 Å². The van der Waals surface area contributed by atoms with Gasteiger partial charge in [-0.15, -0.1) is 5.10 Å². The number of hydrogen-bond acceptors (Lipinski definition) is 5. The first-order valence-corrected chi connectivity index (χ1v) is 10.3. The summed E-state index contributed by atoms with van der Waals surface area (Å²) in [5.74, 6) is 0.379. The summed E-state index contributed by atoms with van der Waals surface area (Å²) < 4.78 is 1.70. The van der Waals surface area contributed by atoms with Crippen LogP contribution in [0.25, 0.3) is 21.9 Å².